The van der Waals surface area contributed by atoms with Crippen LogP contribution in [-0.4, -0.2) is 11.7 Å². The highest BCUT2D eigenvalue weighted by Crippen LogP contribution is 2.40. The van der Waals surface area contributed by atoms with Gasteiger partial charge in [-0.05, 0) is 79.7 Å². The summed E-state index contributed by atoms with van der Waals surface area (Å²) in [6.07, 6.45) is 0. The molecule has 9 aromatic carbocycles. The Kier molecular flexibility index (Phi) is 7.97. The maximum Gasteiger partial charge on any atom is 0.161 e. The van der Waals surface area contributed by atoms with Crippen molar-refractivity contribution in [3.63, 3.8) is 0 Å². The third kappa shape index (κ3) is 5.72. The van der Waals surface area contributed by atoms with E-state index in [1.54, 1.807) is 0 Å². The number of aliphatic imine (C=N–C) groups is 2. The molecule has 11 rings (SSSR count). The van der Waals surface area contributed by atoms with Gasteiger partial charge in [-0.1, -0.05) is 158 Å². The first-order chi connectivity index (χ1) is 28.7. The lowest BCUT2D eigenvalue weighted by Gasteiger charge is -2.10. The Morgan fingerprint density at radius 1 is 0.448 bits per heavy atom. The average Bonchev–Trinajstić information content (AvgIpc) is 3.86. The van der Waals surface area contributed by atoms with E-state index in [1.165, 1.54) is 21.7 Å². The molecule has 0 saturated heterocycles. The number of amidine groups is 2. The van der Waals surface area contributed by atoms with Crippen LogP contribution in [-0.2, 0) is 6.54 Å². The lowest BCUT2D eigenvalue weighted by Crippen LogP contribution is -2.17. The number of fused-ring (bicyclic) bond motifs is 8. The minimum Gasteiger partial charge on any atom is -0.456 e. The topological polar surface area (TPSA) is 77.0 Å². The molecular weight excluding hydrogens is 711 g/mol. The molecule has 2 heterocycles. The molecule has 0 atom stereocenters. The zero-order valence-corrected chi connectivity index (χ0v) is 31.4. The summed E-state index contributed by atoms with van der Waals surface area (Å²) in [5.41, 5.74) is 17.3. The van der Waals surface area contributed by atoms with Crippen LogP contribution < -0.4 is 5.73 Å². The van der Waals surface area contributed by atoms with Crippen LogP contribution in [0.2, 0.25) is 0 Å². The Morgan fingerprint density at radius 3 is 1.91 bits per heavy atom. The van der Waals surface area contributed by atoms with Gasteiger partial charge < -0.3 is 14.6 Å². The Hall–Kier alpha value is -7.76. The summed E-state index contributed by atoms with van der Waals surface area (Å²) in [5, 5.41) is 8.73. The second-order valence-electron chi connectivity index (χ2n) is 14.7. The van der Waals surface area contributed by atoms with E-state index in [0.29, 0.717) is 18.2 Å². The number of para-hydroxylation sites is 2. The predicted octanol–water partition coefficient (Wildman–Crippen LogP) is 13.5. The molecule has 2 aromatic heterocycles. The highest BCUT2D eigenvalue weighted by atomic mass is 16.3. The van der Waals surface area contributed by atoms with E-state index >= 15 is 0 Å². The molecule has 2 N–H and O–H groups in total. The molecular formula is C53H35N3O2. The maximum atomic E-state index is 7.13. The number of benzene rings is 9. The molecule has 274 valence electrons. The van der Waals surface area contributed by atoms with Crippen LogP contribution in [0.4, 0.5) is 0 Å². The molecule has 0 aliphatic carbocycles. The number of nitrogens with zero attached hydrogens (tertiary/aromatic N) is 2. The van der Waals surface area contributed by atoms with Gasteiger partial charge in [-0.3, -0.25) is 4.99 Å². The fraction of sp³-hybridized carbons (Fsp3) is 0.0189. The van der Waals surface area contributed by atoms with Crippen LogP contribution in [0.5, 0.6) is 0 Å². The molecule has 0 amide bonds. The molecule has 0 aliphatic heterocycles. The average molecular weight is 746 g/mol. The van der Waals surface area contributed by atoms with Crippen LogP contribution in [0.15, 0.2) is 207 Å². The molecule has 0 fully saturated rings. The summed E-state index contributed by atoms with van der Waals surface area (Å²) in [5.74, 6) is 0.823. The lowest BCUT2D eigenvalue weighted by molar-refractivity contribution is 0.668. The van der Waals surface area contributed by atoms with Crippen molar-refractivity contribution in [3.05, 3.63) is 205 Å². The normalized spacial score (nSPS) is 12.5. The molecule has 58 heavy (non-hydrogen) atoms. The van der Waals surface area contributed by atoms with Crippen molar-refractivity contribution < 1.29 is 8.83 Å². The number of rotatable bonds is 6. The molecule has 5 nitrogen and oxygen atoms in total. The largest absolute Gasteiger partial charge is 0.456 e. The third-order valence-electron chi connectivity index (χ3n) is 11.2. The molecule has 0 unspecified atom stereocenters. The Morgan fingerprint density at radius 2 is 1.05 bits per heavy atom. The van der Waals surface area contributed by atoms with Gasteiger partial charge in [0.25, 0.3) is 0 Å². The molecule has 0 spiro atoms. The SMILES string of the molecule is NC(=NC(=NCc1ccc2ccccc2c1)c1cccc2c1oc1ccccc12)c1cccc2oc3cccc(-c4ccc(-c5cccc6ccccc56)cc4)c3c12. The van der Waals surface area contributed by atoms with E-state index in [1.807, 2.05) is 60.7 Å². The second-order valence-corrected chi connectivity index (χ2v) is 14.7. The van der Waals surface area contributed by atoms with Crippen molar-refractivity contribution in [1.82, 2.24) is 0 Å². The molecule has 0 aliphatic rings. The summed E-state index contributed by atoms with van der Waals surface area (Å²) in [6, 6.07) is 64.9. The summed E-state index contributed by atoms with van der Waals surface area (Å²) >= 11 is 0. The quantitative estimate of drug-likeness (QED) is 0.136. The number of furan rings is 2. The van der Waals surface area contributed by atoms with E-state index in [2.05, 4.69) is 127 Å². The highest BCUT2D eigenvalue weighted by molar-refractivity contribution is 6.24. The monoisotopic (exact) mass is 745 g/mol. The van der Waals surface area contributed by atoms with Gasteiger partial charge in [0.1, 0.15) is 28.2 Å². The van der Waals surface area contributed by atoms with Crippen molar-refractivity contribution >= 4 is 77.1 Å². The lowest BCUT2D eigenvalue weighted by atomic mass is 9.94. The van der Waals surface area contributed by atoms with E-state index in [4.69, 9.17) is 24.6 Å². The van der Waals surface area contributed by atoms with E-state index in [0.717, 1.165) is 82.6 Å². The first-order valence-corrected chi connectivity index (χ1v) is 19.5. The van der Waals surface area contributed by atoms with Crippen molar-refractivity contribution in [2.45, 2.75) is 6.54 Å². The Bertz CT molecular complexity index is 3440. The van der Waals surface area contributed by atoms with Crippen molar-refractivity contribution in [3.8, 4) is 22.3 Å². The molecule has 0 saturated carbocycles. The molecule has 11 aromatic rings. The highest BCUT2D eigenvalue weighted by Gasteiger charge is 2.20. The van der Waals surface area contributed by atoms with Gasteiger partial charge in [-0.15, -0.1) is 0 Å². The molecule has 5 heteroatoms. The van der Waals surface area contributed by atoms with Gasteiger partial charge in [-0.25, -0.2) is 4.99 Å². The van der Waals surface area contributed by atoms with E-state index in [-0.39, 0.29) is 0 Å². The molecule has 0 bridgehead atoms. The zero-order chi connectivity index (χ0) is 38.6. The summed E-state index contributed by atoms with van der Waals surface area (Å²) in [4.78, 5) is 10.3. The zero-order valence-electron chi connectivity index (χ0n) is 31.4. The first-order valence-electron chi connectivity index (χ1n) is 19.5. The Labute approximate surface area is 334 Å². The van der Waals surface area contributed by atoms with Gasteiger partial charge in [0, 0.05) is 27.1 Å². The summed E-state index contributed by atoms with van der Waals surface area (Å²) < 4.78 is 13.0. The Balaban J connectivity index is 1.05. The van der Waals surface area contributed by atoms with Crippen LogP contribution in [0, 0.1) is 0 Å². The second kappa shape index (κ2) is 13.8. The van der Waals surface area contributed by atoms with Crippen LogP contribution in [0.3, 0.4) is 0 Å². The summed E-state index contributed by atoms with van der Waals surface area (Å²) in [7, 11) is 0. The third-order valence-corrected chi connectivity index (χ3v) is 11.2. The summed E-state index contributed by atoms with van der Waals surface area (Å²) in [6.45, 7) is 0.408. The molecule has 0 radical (unpaired) electrons. The van der Waals surface area contributed by atoms with Crippen molar-refractivity contribution in [1.29, 1.82) is 0 Å². The number of hydrogen-bond donors (Lipinski definition) is 1. The number of nitrogens with two attached hydrogens (primary N) is 1. The van der Waals surface area contributed by atoms with Gasteiger partial charge in [-0.2, -0.15) is 0 Å². The smallest absolute Gasteiger partial charge is 0.161 e. The van der Waals surface area contributed by atoms with Gasteiger partial charge >= 0.3 is 0 Å². The fourth-order valence-electron chi connectivity index (χ4n) is 8.41. The van der Waals surface area contributed by atoms with E-state index < -0.39 is 0 Å². The fourth-order valence-corrected chi connectivity index (χ4v) is 8.41. The first kappa shape index (κ1) is 33.6. The van der Waals surface area contributed by atoms with Crippen LogP contribution in [0.25, 0.3) is 87.7 Å². The van der Waals surface area contributed by atoms with Gasteiger partial charge in [0.05, 0.1) is 12.1 Å². The van der Waals surface area contributed by atoms with E-state index in [9.17, 15) is 0 Å². The van der Waals surface area contributed by atoms with Gasteiger partial charge in [0.15, 0.2) is 5.84 Å². The predicted molar refractivity (Wildman–Crippen MR) is 241 cm³/mol. The minimum atomic E-state index is 0.333. The van der Waals surface area contributed by atoms with Crippen molar-refractivity contribution in [2.24, 2.45) is 15.7 Å². The number of hydrogen-bond acceptors (Lipinski definition) is 3. The van der Waals surface area contributed by atoms with Crippen LogP contribution >= 0.6 is 0 Å². The van der Waals surface area contributed by atoms with Crippen LogP contribution in [0.1, 0.15) is 16.7 Å². The standard InChI is InChI=1S/C53H35N3O2/c54-52(56-53(55-32-33-25-26-34-11-1-2-13-38(34)31-33)45-21-8-19-43-42-16-5-6-22-46(42)58-51(43)45)44-20-10-24-48-50(44)49-41(18-9-23-47(49)57-48)37-29-27-36(28-30-37)40-17-7-14-35-12-3-4-15-39(35)40/h1-31H,32H2,(H2,54,55,56). The van der Waals surface area contributed by atoms with Gasteiger partial charge in [0.2, 0.25) is 0 Å². The maximum absolute atomic E-state index is 7.13. The minimum absolute atomic E-state index is 0.333. The van der Waals surface area contributed by atoms with Crippen molar-refractivity contribution in [2.75, 3.05) is 0 Å².